The first-order chi connectivity index (χ1) is 11.0. The van der Waals surface area contributed by atoms with Crippen molar-refractivity contribution in [2.24, 2.45) is 0 Å². The molecule has 0 fully saturated rings. The summed E-state index contributed by atoms with van der Waals surface area (Å²) in [5, 5.41) is 10.9. The van der Waals surface area contributed by atoms with Crippen LogP contribution in [-0.2, 0) is 13.0 Å². The van der Waals surface area contributed by atoms with E-state index in [9.17, 15) is 4.79 Å². The molecule has 2 amide bonds. The van der Waals surface area contributed by atoms with Crippen molar-refractivity contribution < 1.29 is 4.79 Å². The van der Waals surface area contributed by atoms with Crippen molar-refractivity contribution in [1.29, 1.82) is 0 Å². The van der Waals surface area contributed by atoms with Crippen LogP contribution in [0.4, 0.5) is 4.79 Å². The summed E-state index contributed by atoms with van der Waals surface area (Å²) in [6, 6.07) is -0.0512. The zero-order valence-electron chi connectivity index (χ0n) is 13.8. The topological polar surface area (TPSA) is 73.9 Å². The van der Waals surface area contributed by atoms with Gasteiger partial charge in [0.05, 0.1) is 16.9 Å². The molecule has 6 nitrogen and oxygen atoms in total. The first kappa shape index (κ1) is 16.0. The van der Waals surface area contributed by atoms with Crippen molar-refractivity contribution in [2.45, 2.75) is 45.6 Å². The number of urea groups is 1. The van der Waals surface area contributed by atoms with E-state index in [0.29, 0.717) is 19.0 Å². The Hall–Kier alpha value is -1.89. The maximum Gasteiger partial charge on any atom is 0.317 e. The van der Waals surface area contributed by atoms with E-state index in [0.717, 1.165) is 29.1 Å². The van der Waals surface area contributed by atoms with Gasteiger partial charge in [0.1, 0.15) is 0 Å². The monoisotopic (exact) mass is 333 g/mol. The fraction of sp³-hybridized carbons (Fsp3) is 0.562. The minimum Gasteiger partial charge on any atom is -0.334 e. The van der Waals surface area contributed by atoms with Gasteiger partial charge in [0, 0.05) is 42.2 Å². The lowest BCUT2D eigenvalue weighted by atomic mass is 9.90. The average molecular weight is 333 g/mol. The van der Waals surface area contributed by atoms with Crippen molar-refractivity contribution in [3.05, 3.63) is 33.0 Å². The maximum absolute atomic E-state index is 12.3. The van der Waals surface area contributed by atoms with Crippen LogP contribution in [0.3, 0.4) is 0 Å². The van der Waals surface area contributed by atoms with Crippen molar-refractivity contribution in [2.75, 3.05) is 13.6 Å². The van der Waals surface area contributed by atoms with Crippen LogP contribution in [0.5, 0.6) is 0 Å². The summed E-state index contributed by atoms with van der Waals surface area (Å²) in [7, 11) is 1.85. The molecule has 2 heterocycles. The number of hydrogen-bond acceptors (Lipinski definition) is 4. The van der Waals surface area contributed by atoms with Gasteiger partial charge in [-0.3, -0.25) is 5.10 Å². The molecular weight excluding hydrogens is 310 g/mol. The number of rotatable bonds is 4. The number of carbonyl (C=O) groups excluding carboxylic acids is 1. The number of carbonyl (C=O) groups is 1. The Morgan fingerprint density at radius 2 is 2.35 bits per heavy atom. The van der Waals surface area contributed by atoms with E-state index in [2.05, 4.69) is 22.4 Å². The second-order valence-corrected chi connectivity index (χ2v) is 7.48. The van der Waals surface area contributed by atoms with E-state index in [4.69, 9.17) is 4.98 Å². The van der Waals surface area contributed by atoms with Crippen LogP contribution in [0, 0.1) is 13.8 Å². The molecule has 1 aliphatic rings. The number of fused-ring (bicyclic) bond motifs is 1. The molecule has 0 aliphatic heterocycles. The molecule has 2 aromatic heterocycles. The first-order valence-corrected chi connectivity index (χ1v) is 8.80. The molecule has 124 valence electrons. The quantitative estimate of drug-likeness (QED) is 0.903. The van der Waals surface area contributed by atoms with Gasteiger partial charge in [-0.15, -0.1) is 11.3 Å². The number of nitrogens with one attached hydrogen (secondary N) is 2. The van der Waals surface area contributed by atoms with Crippen molar-refractivity contribution >= 4 is 17.4 Å². The molecule has 7 heteroatoms. The van der Waals surface area contributed by atoms with E-state index in [1.165, 1.54) is 17.0 Å². The van der Waals surface area contributed by atoms with Crippen molar-refractivity contribution in [1.82, 2.24) is 25.4 Å². The largest absolute Gasteiger partial charge is 0.334 e. The van der Waals surface area contributed by atoms with Gasteiger partial charge in [-0.05, 0) is 33.1 Å². The second kappa shape index (κ2) is 6.70. The van der Waals surface area contributed by atoms with Gasteiger partial charge >= 0.3 is 6.03 Å². The van der Waals surface area contributed by atoms with Crippen LogP contribution in [0.25, 0.3) is 0 Å². The molecule has 3 rings (SSSR count). The van der Waals surface area contributed by atoms with Gasteiger partial charge < -0.3 is 10.2 Å². The van der Waals surface area contributed by atoms with Gasteiger partial charge in [-0.25, -0.2) is 9.78 Å². The molecule has 23 heavy (non-hydrogen) atoms. The van der Waals surface area contributed by atoms with Crippen LogP contribution < -0.4 is 5.32 Å². The predicted octanol–water partition coefficient (Wildman–Crippen LogP) is 2.74. The predicted molar refractivity (Wildman–Crippen MR) is 90.7 cm³/mol. The average Bonchev–Trinajstić information content (AvgIpc) is 3.10. The molecule has 2 aromatic rings. The Balaban J connectivity index is 1.57. The van der Waals surface area contributed by atoms with Gasteiger partial charge in [-0.2, -0.15) is 5.10 Å². The Labute approximate surface area is 140 Å². The molecule has 0 saturated carbocycles. The summed E-state index contributed by atoms with van der Waals surface area (Å²) in [5.74, 6) is 0.357. The van der Waals surface area contributed by atoms with Crippen LogP contribution in [0.15, 0.2) is 6.20 Å². The number of nitrogens with zero attached hydrogens (tertiary/aromatic N) is 3. The molecule has 0 radical (unpaired) electrons. The summed E-state index contributed by atoms with van der Waals surface area (Å²) in [6.45, 7) is 5.22. The lowest BCUT2D eigenvalue weighted by Gasteiger charge is -2.26. The van der Waals surface area contributed by atoms with Gasteiger partial charge in [0.15, 0.2) is 0 Å². The minimum absolute atomic E-state index is 0.0512. The van der Waals surface area contributed by atoms with E-state index in [1.54, 1.807) is 22.4 Å². The highest BCUT2D eigenvalue weighted by Gasteiger charge is 2.26. The maximum atomic E-state index is 12.3. The number of H-pyrrole nitrogens is 1. The van der Waals surface area contributed by atoms with Crippen LogP contribution in [0.2, 0.25) is 0 Å². The molecule has 0 spiro atoms. The minimum atomic E-state index is -0.0512. The highest BCUT2D eigenvalue weighted by molar-refractivity contribution is 7.11. The SMILES string of the molecule is Cc1nc2c(s1)CCC[C@H]2CN(C)C(=O)NCc1cn[nH]c1C. The second-order valence-electron chi connectivity index (χ2n) is 6.19. The number of aromatic amines is 1. The molecule has 0 saturated heterocycles. The number of likely N-dealkylation sites (N-methyl/N-ethyl adjacent to an activating group) is 1. The van der Waals surface area contributed by atoms with E-state index < -0.39 is 0 Å². The summed E-state index contributed by atoms with van der Waals surface area (Å²) in [6.07, 6.45) is 5.17. The Bertz CT molecular complexity index is 692. The third kappa shape index (κ3) is 3.55. The third-order valence-corrected chi connectivity index (χ3v) is 5.43. The van der Waals surface area contributed by atoms with E-state index >= 15 is 0 Å². The number of aromatic nitrogens is 3. The fourth-order valence-electron chi connectivity index (χ4n) is 3.08. The van der Waals surface area contributed by atoms with Crippen molar-refractivity contribution in [3.8, 4) is 0 Å². The summed E-state index contributed by atoms with van der Waals surface area (Å²) in [4.78, 5) is 20.2. The number of amides is 2. The number of thiazole rings is 1. The zero-order valence-corrected chi connectivity index (χ0v) is 14.7. The Morgan fingerprint density at radius 3 is 3.09 bits per heavy atom. The van der Waals surface area contributed by atoms with Gasteiger partial charge in [0.2, 0.25) is 0 Å². The molecule has 0 unspecified atom stereocenters. The van der Waals surface area contributed by atoms with Crippen LogP contribution in [-0.4, -0.2) is 39.7 Å². The summed E-state index contributed by atoms with van der Waals surface area (Å²) < 4.78 is 0. The normalized spacial score (nSPS) is 16.9. The zero-order chi connectivity index (χ0) is 16.4. The number of hydrogen-bond donors (Lipinski definition) is 2. The van der Waals surface area contributed by atoms with E-state index in [-0.39, 0.29) is 6.03 Å². The molecule has 0 aromatic carbocycles. The molecule has 2 N–H and O–H groups in total. The molecule has 1 aliphatic carbocycles. The standard InChI is InChI=1S/C16H23N5OS/c1-10-13(8-18-20-10)7-17-16(22)21(3)9-12-5-4-6-14-15(12)19-11(2)23-14/h8,12H,4-7,9H2,1-3H3,(H,17,22)(H,18,20)/t12-/m0/s1. The van der Waals surface area contributed by atoms with Crippen LogP contribution >= 0.6 is 11.3 Å². The third-order valence-electron chi connectivity index (χ3n) is 4.38. The van der Waals surface area contributed by atoms with Gasteiger partial charge in [0.25, 0.3) is 0 Å². The lowest BCUT2D eigenvalue weighted by Crippen LogP contribution is -2.39. The smallest absolute Gasteiger partial charge is 0.317 e. The fourth-order valence-corrected chi connectivity index (χ4v) is 4.14. The Kier molecular flexibility index (Phi) is 4.66. The number of aryl methyl sites for hydroxylation is 3. The van der Waals surface area contributed by atoms with Crippen molar-refractivity contribution in [3.63, 3.8) is 0 Å². The molecule has 1 atom stereocenters. The highest BCUT2D eigenvalue weighted by atomic mass is 32.1. The first-order valence-electron chi connectivity index (χ1n) is 7.98. The molecular formula is C16H23N5OS. The van der Waals surface area contributed by atoms with E-state index in [1.807, 2.05) is 14.0 Å². The summed E-state index contributed by atoms with van der Waals surface area (Å²) >= 11 is 1.80. The van der Waals surface area contributed by atoms with Crippen LogP contribution in [0.1, 0.15) is 45.6 Å². The highest BCUT2D eigenvalue weighted by Crippen LogP contribution is 2.34. The van der Waals surface area contributed by atoms with Gasteiger partial charge in [-0.1, -0.05) is 0 Å². The lowest BCUT2D eigenvalue weighted by molar-refractivity contribution is 0.203. The summed E-state index contributed by atoms with van der Waals surface area (Å²) in [5.41, 5.74) is 3.22. The molecule has 0 bridgehead atoms. The Morgan fingerprint density at radius 1 is 1.52 bits per heavy atom.